The predicted molar refractivity (Wildman–Crippen MR) is 128 cm³/mol. The molecule has 0 saturated carbocycles. The van der Waals surface area contributed by atoms with E-state index in [-0.39, 0.29) is 5.91 Å². The van der Waals surface area contributed by atoms with Crippen LogP contribution >= 0.6 is 0 Å². The van der Waals surface area contributed by atoms with E-state index in [1.165, 1.54) is 31.5 Å². The number of carbonyl (C=O) groups is 1. The first-order valence-electron chi connectivity index (χ1n) is 11.7. The molecule has 1 aromatic heterocycles. The monoisotopic (exact) mass is 447 g/mol. The summed E-state index contributed by atoms with van der Waals surface area (Å²) in [6, 6.07) is 15.8. The summed E-state index contributed by atoms with van der Waals surface area (Å²) >= 11 is 0. The number of rotatable bonds is 8. The SMILES string of the molecule is Cc1noc(C)c1COc1cccc(C(=O)NCc2ccc(CN3CCC(C)CC3)cc2)c1. The van der Waals surface area contributed by atoms with Crippen LogP contribution in [-0.4, -0.2) is 29.1 Å². The van der Waals surface area contributed by atoms with Gasteiger partial charge in [-0.3, -0.25) is 9.69 Å². The van der Waals surface area contributed by atoms with Crippen LogP contribution in [0.4, 0.5) is 0 Å². The molecule has 1 amide bonds. The maximum atomic E-state index is 12.7. The van der Waals surface area contributed by atoms with E-state index in [0.717, 1.165) is 35.0 Å². The number of carbonyl (C=O) groups excluding carboxylic acids is 1. The largest absolute Gasteiger partial charge is 0.489 e. The highest BCUT2D eigenvalue weighted by Crippen LogP contribution is 2.20. The Morgan fingerprint density at radius 3 is 2.55 bits per heavy atom. The molecule has 6 nitrogen and oxygen atoms in total. The van der Waals surface area contributed by atoms with Crippen molar-refractivity contribution >= 4 is 5.91 Å². The van der Waals surface area contributed by atoms with Gasteiger partial charge in [0, 0.05) is 18.7 Å². The molecule has 0 atom stereocenters. The molecule has 0 unspecified atom stereocenters. The molecule has 1 aliphatic rings. The number of hydrogen-bond acceptors (Lipinski definition) is 5. The van der Waals surface area contributed by atoms with Crippen LogP contribution in [0.1, 0.15) is 58.3 Å². The third kappa shape index (κ3) is 6.23. The molecule has 1 saturated heterocycles. The lowest BCUT2D eigenvalue weighted by atomic mass is 9.99. The van der Waals surface area contributed by atoms with Crippen molar-refractivity contribution in [1.82, 2.24) is 15.4 Å². The Morgan fingerprint density at radius 1 is 1.12 bits per heavy atom. The second kappa shape index (κ2) is 10.7. The van der Waals surface area contributed by atoms with Gasteiger partial charge < -0.3 is 14.6 Å². The lowest BCUT2D eigenvalue weighted by molar-refractivity contribution is 0.0950. The van der Waals surface area contributed by atoms with Gasteiger partial charge in [-0.15, -0.1) is 0 Å². The summed E-state index contributed by atoms with van der Waals surface area (Å²) in [5.41, 5.74) is 4.73. The van der Waals surface area contributed by atoms with E-state index in [1.54, 1.807) is 12.1 Å². The molecule has 0 bridgehead atoms. The minimum Gasteiger partial charge on any atom is -0.489 e. The molecule has 3 aromatic rings. The van der Waals surface area contributed by atoms with E-state index in [2.05, 4.69) is 46.6 Å². The van der Waals surface area contributed by atoms with Gasteiger partial charge in [0.2, 0.25) is 0 Å². The predicted octanol–water partition coefficient (Wildman–Crippen LogP) is 5.03. The highest BCUT2D eigenvalue weighted by molar-refractivity contribution is 5.94. The first kappa shape index (κ1) is 23.1. The van der Waals surface area contributed by atoms with Gasteiger partial charge in [-0.2, -0.15) is 0 Å². The lowest BCUT2D eigenvalue weighted by Gasteiger charge is -2.30. The van der Waals surface area contributed by atoms with Crippen LogP contribution in [0.3, 0.4) is 0 Å². The molecule has 174 valence electrons. The lowest BCUT2D eigenvalue weighted by Crippen LogP contribution is -2.32. The van der Waals surface area contributed by atoms with Crippen LogP contribution in [0.25, 0.3) is 0 Å². The van der Waals surface area contributed by atoms with Crippen molar-refractivity contribution in [3.8, 4) is 5.75 Å². The van der Waals surface area contributed by atoms with Gasteiger partial charge in [0.1, 0.15) is 18.1 Å². The highest BCUT2D eigenvalue weighted by atomic mass is 16.5. The number of piperidine rings is 1. The molecule has 0 spiro atoms. The Balaban J connectivity index is 1.27. The number of aryl methyl sites for hydroxylation is 2. The van der Waals surface area contributed by atoms with E-state index < -0.39 is 0 Å². The molecule has 2 aromatic carbocycles. The van der Waals surface area contributed by atoms with Crippen LogP contribution in [-0.2, 0) is 19.7 Å². The van der Waals surface area contributed by atoms with Crippen molar-refractivity contribution in [3.05, 3.63) is 82.2 Å². The fourth-order valence-electron chi connectivity index (χ4n) is 4.12. The first-order chi connectivity index (χ1) is 16.0. The number of hydrogen-bond donors (Lipinski definition) is 1. The van der Waals surface area contributed by atoms with E-state index >= 15 is 0 Å². The molecular weight excluding hydrogens is 414 g/mol. The molecule has 0 radical (unpaired) electrons. The zero-order valence-electron chi connectivity index (χ0n) is 19.8. The van der Waals surface area contributed by atoms with Gasteiger partial charge in [0.05, 0.1) is 11.3 Å². The van der Waals surface area contributed by atoms with Gasteiger partial charge in [0.25, 0.3) is 5.91 Å². The second-order valence-electron chi connectivity index (χ2n) is 9.08. The standard InChI is InChI=1S/C27H33N3O3/c1-19-11-13-30(14-12-19)17-23-9-7-22(8-10-23)16-28-27(31)24-5-4-6-25(15-24)32-18-26-20(2)29-33-21(26)3/h4-10,15,19H,11-14,16-18H2,1-3H3,(H,28,31). The molecule has 6 heteroatoms. The maximum absolute atomic E-state index is 12.7. The Labute approximate surface area is 195 Å². The average Bonchev–Trinajstić information content (AvgIpc) is 3.15. The number of likely N-dealkylation sites (tertiary alicyclic amines) is 1. The summed E-state index contributed by atoms with van der Waals surface area (Å²) in [5.74, 6) is 2.11. The zero-order valence-corrected chi connectivity index (χ0v) is 19.8. The van der Waals surface area contributed by atoms with Crippen molar-refractivity contribution in [2.24, 2.45) is 5.92 Å². The number of nitrogens with zero attached hydrogens (tertiary/aromatic N) is 2. The van der Waals surface area contributed by atoms with E-state index in [0.29, 0.717) is 24.5 Å². The summed E-state index contributed by atoms with van der Waals surface area (Å²) in [4.78, 5) is 15.2. The van der Waals surface area contributed by atoms with Crippen molar-refractivity contribution in [2.45, 2.75) is 53.3 Å². The molecular formula is C27H33N3O3. The highest BCUT2D eigenvalue weighted by Gasteiger charge is 2.15. The number of nitrogens with one attached hydrogen (secondary N) is 1. The Bertz CT molecular complexity index is 1050. The van der Waals surface area contributed by atoms with Crippen LogP contribution in [0.2, 0.25) is 0 Å². The normalized spacial score (nSPS) is 14.9. The molecule has 1 aliphatic heterocycles. The summed E-state index contributed by atoms with van der Waals surface area (Å²) in [7, 11) is 0. The van der Waals surface area contributed by atoms with Crippen molar-refractivity contribution < 1.29 is 14.1 Å². The Morgan fingerprint density at radius 2 is 1.85 bits per heavy atom. The summed E-state index contributed by atoms with van der Waals surface area (Å²) in [6.45, 7) is 10.3. The van der Waals surface area contributed by atoms with Gasteiger partial charge >= 0.3 is 0 Å². The van der Waals surface area contributed by atoms with E-state index in [4.69, 9.17) is 9.26 Å². The summed E-state index contributed by atoms with van der Waals surface area (Å²) < 4.78 is 11.0. The fraction of sp³-hybridized carbons (Fsp3) is 0.407. The molecule has 1 N–H and O–H groups in total. The van der Waals surface area contributed by atoms with Gasteiger partial charge in [-0.05, 0) is 75.0 Å². The van der Waals surface area contributed by atoms with Crippen LogP contribution < -0.4 is 10.1 Å². The van der Waals surface area contributed by atoms with Crippen LogP contribution in [0.15, 0.2) is 53.1 Å². The third-order valence-electron chi connectivity index (χ3n) is 6.42. The van der Waals surface area contributed by atoms with Crippen molar-refractivity contribution in [2.75, 3.05) is 13.1 Å². The molecule has 33 heavy (non-hydrogen) atoms. The first-order valence-corrected chi connectivity index (χ1v) is 11.7. The number of aromatic nitrogens is 1. The maximum Gasteiger partial charge on any atom is 0.251 e. The smallest absolute Gasteiger partial charge is 0.251 e. The van der Waals surface area contributed by atoms with Gasteiger partial charge in [0.15, 0.2) is 0 Å². The minimum atomic E-state index is -0.121. The Kier molecular flexibility index (Phi) is 7.45. The van der Waals surface area contributed by atoms with Gasteiger partial charge in [-0.1, -0.05) is 42.4 Å². The quantitative estimate of drug-likeness (QED) is 0.524. The molecule has 4 rings (SSSR count). The average molecular weight is 448 g/mol. The molecule has 2 heterocycles. The second-order valence-corrected chi connectivity index (χ2v) is 9.08. The number of amides is 1. The van der Waals surface area contributed by atoms with Crippen molar-refractivity contribution in [1.29, 1.82) is 0 Å². The number of ether oxygens (including phenoxy) is 1. The summed E-state index contributed by atoms with van der Waals surface area (Å²) in [5, 5.41) is 6.95. The van der Waals surface area contributed by atoms with E-state index in [1.807, 2.05) is 26.0 Å². The van der Waals surface area contributed by atoms with Gasteiger partial charge in [-0.25, -0.2) is 0 Å². The van der Waals surface area contributed by atoms with Crippen molar-refractivity contribution in [3.63, 3.8) is 0 Å². The third-order valence-corrected chi connectivity index (χ3v) is 6.42. The zero-order chi connectivity index (χ0) is 23.2. The minimum absolute atomic E-state index is 0.121. The number of benzene rings is 2. The Hall–Kier alpha value is -3.12. The van der Waals surface area contributed by atoms with E-state index in [9.17, 15) is 4.79 Å². The van der Waals surface area contributed by atoms with Crippen LogP contribution in [0, 0.1) is 19.8 Å². The fourth-order valence-corrected chi connectivity index (χ4v) is 4.12. The van der Waals surface area contributed by atoms with Crippen LogP contribution in [0.5, 0.6) is 5.75 Å². The molecule has 1 fully saturated rings. The molecule has 0 aliphatic carbocycles. The summed E-state index contributed by atoms with van der Waals surface area (Å²) in [6.07, 6.45) is 2.58. The topological polar surface area (TPSA) is 67.6 Å².